The van der Waals surface area contributed by atoms with Crippen molar-refractivity contribution >= 4 is 45.1 Å². The summed E-state index contributed by atoms with van der Waals surface area (Å²) in [6.45, 7) is 3.16. The lowest BCUT2D eigenvalue weighted by atomic mass is 10.4. The standard InChI is InChI=1S/C12H17N3O2S3.ClH/c1-9-15-10(8-18-9)11-4-5-12(19-11)20(16,17)14-7-3-6-13-2;/h4-5,8,13-14H,3,6-7H2,1-2H3;1H. The first-order chi connectivity index (χ1) is 9.53. The zero-order valence-corrected chi connectivity index (χ0v) is 15.0. The Morgan fingerprint density at radius 3 is 2.67 bits per heavy atom. The normalized spacial score (nSPS) is 11.3. The quantitative estimate of drug-likeness (QED) is 0.737. The molecular weight excluding hydrogens is 350 g/mol. The molecule has 2 N–H and O–H groups in total. The van der Waals surface area contributed by atoms with Crippen molar-refractivity contribution in [2.75, 3.05) is 20.1 Å². The van der Waals surface area contributed by atoms with Gasteiger partial charge in [0.1, 0.15) is 4.21 Å². The van der Waals surface area contributed by atoms with Crippen molar-refractivity contribution in [2.45, 2.75) is 17.6 Å². The summed E-state index contributed by atoms with van der Waals surface area (Å²) < 4.78 is 27.2. The van der Waals surface area contributed by atoms with Gasteiger partial charge in [0.15, 0.2) is 0 Å². The molecule has 9 heteroatoms. The summed E-state index contributed by atoms with van der Waals surface area (Å²) in [5.41, 5.74) is 0.842. The van der Waals surface area contributed by atoms with E-state index in [1.165, 1.54) is 11.3 Å². The average molecular weight is 368 g/mol. The fourth-order valence-electron chi connectivity index (χ4n) is 1.62. The third kappa shape index (κ3) is 5.01. The number of halogens is 1. The van der Waals surface area contributed by atoms with Gasteiger partial charge in [-0.05, 0) is 39.1 Å². The van der Waals surface area contributed by atoms with Crippen LogP contribution in [0.3, 0.4) is 0 Å². The number of nitrogens with zero attached hydrogens (tertiary/aromatic N) is 1. The topological polar surface area (TPSA) is 71.1 Å². The second-order valence-electron chi connectivity index (χ2n) is 4.23. The van der Waals surface area contributed by atoms with Gasteiger partial charge < -0.3 is 5.32 Å². The Labute approximate surface area is 139 Å². The van der Waals surface area contributed by atoms with Gasteiger partial charge in [-0.1, -0.05) is 0 Å². The molecule has 2 aromatic heterocycles. The molecule has 0 aliphatic heterocycles. The highest BCUT2D eigenvalue weighted by Gasteiger charge is 2.17. The maximum atomic E-state index is 12.1. The van der Waals surface area contributed by atoms with Gasteiger partial charge in [-0.15, -0.1) is 35.1 Å². The van der Waals surface area contributed by atoms with Gasteiger partial charge in [0.05, 0.1) is 15.6 Å². The number of sulfonamides is 1. The van der Waals surface area contributed by atoms with Gasteiger partial charge in [-0.25, -0.2) is 18.1 Å². The van der Waals surface area contributed by atoms with Crippen molar-refractivity contribution in [3.63, 3.8) is 0 Å². The molecule has 0 saturated heterocycles. The monoisotopic (exact) mass is 367 g/mol. The van der Waals surface area contributed by atoms with E-state index in [1.54, 1.807) is 23.5 Å². The smallest absolute Gasteiger partial charge is 0.250 e. The highest BCUT2D eigenvalue weighted by Crippen LogP contribution is 2.31. The SMILES string of the molecule is CNCCCNS(=O)(=O)c1ccc(-c2csc(C)n2)s1.Cl. The minimum Gasteiger partial charge on any atom is -0.320 e. The van der Waals surface area contributed by atoms with Gasteiger partial charge in [0.2, 0.25) is 10.0 Å². The second kappa shape index (κ2) is 8.21. The summed E-state index contributed by atoms with van der Waals surface area (Å²) >= 11 is 2.81. The molecule has 21 heavy (non-hydrogen) atoms. The minimum atomic E-state index is -3.40. The fraction of sp³-hybridized carbons (Fsp3) is 0.417. The highest BCUT2D eigenvalue weighted by molar-refractivity contribution is 7.91. The van der Waals surface area contributed by atoms with Gasteiger partial charge in [0.25, 0.3) is 0 Å². The van der Waals surface area contributed by atoms with Crippen LogP contribution in [0, 0.1) is 6.92 Å². The number of thiazole rings is 1. The zero-order chi connectivity index (χ0) is 14.6. The van der Waals surface area contributed by atoms with Gasteiger partial charge >= 0.3 is 0 Å². The Morgan fingerprint density at radius 2 is 2.05 bits per heavy atom. The van der Waals surface area contributed by atoms with Gasteiger partial charge in [-0.2, -0.15) is 0 Å². The molecule has 0 radical (unpaired) electrons. The maximum Gasteiger partial charge on any atom is 0.250 e. The van der Waals surface area contributed by atoms with Crippen molar-refractivity contribution in [2.24, 2.45) is 0 Å². The summed E-state index contributed by atoms with van der Waals surface area (Å²) in [4.78, 5) is 5.25. The van der Waals surface area contributed by atoms with Crippen LogP contribution in [0.25, 0.3) is 10.6 Å². The molecule has 0 amide bonds. The molecule has 118 valence electrons. The Balaban J connectivity index is 0.00000220. The number of aromatic nitrogens is 1. The van der Waals surface area contributed by atoms with E-state index in [1.807, 2.05) is 19.4 Å². The Hall–Kier alpha value is -0.510. The van der Waals surface area contributed by atoms with E-state index in [-0.39, 0.29) is 12.4 Å². The lowest BCUT2D eigenvalue weighted by Crippen LogP contribution is -2.26. The Kier molecular flexibility index (Phi) is 7.25. The Bertz CT molecular complexity index is 667. The predicted octanol–water partition coefficient (Wildman–Crippen LogP) is 2.49. The number of aryl methyl sites for hydroxylation is 1. The van der Waals surface area contributed by atoms with E-state index >= 15 is 0 Å². The van der Waals surface area contributed by atoms with Crippen LogP contribution in [0.2, 0.25) is 0 Å². The molecule has 5 nitrogen and oxygen atoms in total. The van der Waals surface area contributed by atoms with Crippen LogP contribution in [-0.4, -0.2) is 33.5 Å². The lowest BCUT2D eigenvalue weighted by Gasteiger charge is -2.03. The number of thiophene rings is 1. The summed E-state index contributed by atoms with van der Waals surface area (Å²) in [6, 6.07) is 3.44. The molecule has 0 unspecified atom stereocenters. The summed E-state index contributed by atoms with van der Waals surface area (Å²) in [5, 5.41) is 5.90. The lowest BCUT2D eigenvalue weighted by molar-refractivity contribution is 0.579. The van der Waals surface area contributed by atoms with Crippen LogP contribution in [0.5, 0.6) is 0 Å². The molecule has 0 aliphatic carbocycles. The molecule has 2 rings (SSSR count). The first-order valence-corrected chi connectivity index (χ1v) is 9.37. The van der Waals surface area contributed by atoms with Crippen LogP contribution in [0.1, 0.15) is 11.4 Å². The largest absolute Gasteiger partial charge is 0.320 e. The molecule has 2 aromatic rings. The third-order valence-electron chi connectivity index (χ3n) is 2.61. The highest BCUT2D eigenvalue weighted by atomic mass is 35.5. The summed E-state index contributed by atoms with van der Waals surface area (Å²) in [7, 11) is -1.56. The molecule has 0 fully saturated rings. The maximum absolute atomic E-state index is 12.1. The number of nitrogens with one attached hydrogen (secondary N) is 2. The predicted molar refractivity (Wildman–Crippen MR) is 91.1 cm³/mol. The molecular formula is C12H18ClN3O2S3. The molecule has 0 saturated carbocycles. The number of hydrogen-bond acceptors (Lipinski definition) is 6. The van der Waals surface area contributed by atoms with E-state index in [4.69, 9.17) is 0 Å². The van der Waals surface area contributed by atoms with Crippen LogP contribution in [-0.2, 0) is 10.0 Å². The van der Waals surface area contributed by atoms with E-state index < -0.39 is 10.0 Å². The van der Waals surface area contributed by atoms with Crippen molar-refractivity contribution in [3.8, 4) is 10.6 Å². The molecule has 0 aliphatic rings. The van der Waals surface area contributed by atoms with Gasteiger partial charge in [-0.3, -0.25) is 0 Å². The van der Waals surface area contributed by atoms with Crippen molar-refractivity contribution in [1.29, 1.82) is 0 Å². The minimum absolute atomic E-state index is 0. The Morgan fingerprint density at radius 1 is 1.29 bits per heavy atom. The van der Waals surface area contributed by atoms with Crippen molar-refractivity contribution in [3.05, 3.63) is 22.5 Å². The molecule has 0 aromatic carbocycles. The van der Waals surface area contributed by atoms with Crippen molar-refractivity contribution < 1.29 is 8.42 Å². The van der Waals surface area contributed by atoms with Crippen LogP contribution in [0.15, 0.2) is 21.7 Å². The number of hydrogen-bond donors (Lipinski definition) is 2. The molecule has 0 atom stereocenters. The number of rotatable bonds is 7. The first kappa shape index (κ1) is 18.5. The zero-order valence-electron chi connectivity index (χ0n) is 11.8. The molecule has 2 heterocycles. The first-order valence-electron chi connectivity index (χ1n) is 6.19. The fourth-order valence-corrected chi connectivity index (χ4v) is 4.69. The summed E-state index contributed by atoms with van der Waals surface area (Å²) in [6.07, 6.45) is 0.763. The molecule has 0 bridgehead atoms. The van der Waals surface area contributed by atoms with E-state index in [0.717, 1.165) is 28.5 Å². The van der Waals surface area contributed by atoms with Crippen LogP contribution in [0.4, 0.5) is 0 Å². The van der Waals surface area contributed by atoms with E-state index in [9.17, 15) is 8.42 Å². The second-order valence-corrected chi connectivity index (χ2v) is 8.37. The van der Waals surface area contributed by atoms with E-state index in [0.29, 0.717) is 10.8 Å². The molecule has 0 spiro atoms. The summed E-state index contributed by atoms with van der Waals surface area (Å²) in [5.74, 6) is 0. The van der Waals surface area contributed by atoms with Crippen molar-refractivity contribution in [1.82, 2.24) is 15.0 Å². The van der Waals surface area contributed by atoms with Crippen LogP contribution < -0.4 is 10.0 Å². The van der Waals surface area contributed by atoms with E-state index in [2.05, 4.69) is 15.0 Å². The van der Waals surface area contributed by atoms with Crippen LogP contribution >= 0.6 is 35.1 Å². The third-order valence-corrected chi connectivity index (χ3v) is 6.45. The van der Waals surface area contributed by atoms with Gasteiger partial charge in [0, 0.05) is 11.9 Å². The average Bonchev–Trinajstić information content (AvgIpc) is 3.03.